The van der Waals surface area contributed by atoms with Crippen LogP contribution in [0.15, 0.2) is 83.8 Å². The highest BCUT2D eigenvalue weighted by atomic mass is 35.5. The van der Waals surface area contributed by atoms with Gasteiger partial charge in [-0.3, -0.25) is 4.79 Å². The van der Waals surface area contributed by atoms with E-state index in [-0.39, 0.29) is 17.3 Å². The lowest BCUT2D eigenvalue weighted by Crippen LogP contribution is -2.23. The second-order valence-corrected chi connectivity index (χ2v) is 8.35. The van der Waals surface area contributed by atoms with Crippen LogP contribution >= 0.6 is 11.6 Å². The Morgan fingerprint density at radius 1 is 0.821 bits per heavy atom. The highest BCUT2D eigenvalue weighted by Crippen LogP contribution is 2.12. The molecule has 0 aliphatic carbocycles. The number of benzene rings is 3. The zero-order valence-corrected chi connectivity index (χ0v) is 16.5. The second-order valence-electron chi connectivity index (χ2n) is 6.15. The number of carbonyl (C=O) groups is 1. The maximum Gasteiger partial charge on any atom is 0.251 e. The van der Waals surface area contributed by atoms with Crippen molar-refractivity contribution < 1.29 is 13.2 Å². The third kappa shape index (κ3) is 5.42. The van der Waals surface area contributed by atoms with Crippen LogP contribution in [0.2, 0.25) is 5.02 Å². The number of hydrogen-bond acceptors (Lipinski definition) is 3. The molecule has 0 spiro atoms. The molecule has 5 nitrogen and oxygen atoms in total. The summed E-state index contributed by atoms with van der Waals surface area (Å²) in [5, 5.41) is 3.34. The van der Waals surface area contributed by atoms with Crippen molar-refractivity contribution in [3.8, 4) is 0 Å². The molecule has 28 heavy (non-hydrogen) atoms. The maximum atomic E-state index is 12.2. The zero-order chi connectivity index (χ0) is 20.0. The van der Waals surface area contributed by atoms with Crippen molar-refractivity contribution in [3.05, 3.63) is 101 Å². The van der Waals surface area contributed by atoms with Gasteiger partial charge in [0, 0.05) is 23.7 Å². The van der Waals surface area contributed by atoms with Crippen molar-refractivity contribution in [2.75, 3.05) is 0 Å². The number of halogens is 1. The molecule has 0 saturated carbocycles. The van der Waals surface area contributed by atoms with Gasteiger partial charge in [0.15, 0.2) is 0 Å². The average Bonchev–Trinajstić information content (AvgIpc) is 2.72. The van der Waals surface area contributed by atoms with Crippen molar-refractivity contribution in [2.24, 2.45) is 0 Å². The van der Waals surface area contributed by atoms with Crippen molar-refractivity contribution in [1.29, 1.82) is 0 Å². The monoisotopic (exact) mass is 414 g/mol. The molecule has 2 N–H and O–H groups in total. The summed E-state index contributed by atoms with van der Waals surface area (Å²) in [5.41, 5.74) is 2.23. The number of rotatable bonds is 7. The topological polar surface area (TPSA) is 75.3 Å². The number of sulfonamides is 1. The van der Waals surface area contributed by atoms with Crippen molar-refractivity contribution in [1.82, 2.24) is 10.0 Å². The van der Waals surface area contributed by atoms with Crippen LogP contribution in [0.5, 0.6) is 0 Å². The van der Waals surface area contributed by atoms with Crippen LogP contribution in [0.3, 0.4) is 0 Å². The first-order chi connectivity index (χ1) is 13.4. The Morgan fingerprint density at radius 3 is 2.11 bits per heavy atom. The van der Waals surface area contributed by atoms with Crippen LogP contribution in [0.25, 0.3) is 0 Å². The molecular formula is C21H19ClN2O3S. The van der Waals surface area contributed by atoms with E-state index >= 15 is 0 Å². The van der Waals surface area contributed by atoms with E-state index in [1.165, 1.54) is 0 Å². The summed E-state index contributed by atoms with van der Waals surface area (Å²) in [6.07, 6.45) is 0. The van der Waals surface area contributed by atoms with E-state index in [4.69, 9.17) is 11.6 Å². The Hall–Kier alpha value is -2.67. The van der Waals surface area contributed by atoms with Gasteiger partial charge in [0.25, 0.3) is 5.91 Å². The molecule has 0 saturated heterocycles. The van der Waals surface area contributed by atoms with Gasteiger partial charge in [0.1, 0.15) is 0 Å². The normalized spacial score (nSPS) is 11.2. The van der Waals surface area contributed by atoms with E-state index in [1.807, 2.05) is 24.3 Å². The van der Waals surface area contributed by atoms with E-state index in [0.29, 0.717) is 17.1 Å². The number of hydrogen-bond donors (Lipinski definition) is 2. The summed E-state index contributed by atoms with van der Waals surface area (Å²) < 4.78 is 27.1. The third-order valence-corrected chi connectivity index (χ3v) is 5.73. The molecule has 3 aromatic carbocycles. The van der Waals surface area contributed by atoms with Gasteiger partial charge in [-0.2, -0.15) is 0 Å². The molecule has 3 aromatic rings. The van der Waals surface area contributed by atoms with Gasteiger partial charge in [-0.25, -0.2) is 13.1 Å². The fourth-order valence-corrected chi connectivity index (χ4v) is 3.78. The second kappa shape index (κ2) is 9.01. The molecule has 0 unspecified atom stereocenters. The number of carbonyl (C=O) groups excluding carboxylic acids is 1. The van der Waals surface area contributed by atoms with Gasteiger partial charge in [-0.15, -0.1) is 0 Å². The fraction of sp³-hybridized carbons (Fsp3) is 0.0952. The van der Waals surface area contributed by atoms with Gasteiger partial charge in [-0.1, -0.05) is 60.1 Å². The largest absolute Gasteiger partial charge is 0.348 e. The molecular weight excluding hydrogens is 396 g/mol. The van der Waals surface area contributed by atoms with Gasteiger partial charge >= 0.3 is 0 Å². The molecule has 0 atom stereocenters. The minimum atomic E-state index is -3.54. The molecule has 7 heteroatoms. The quantitative estimate of drug-likeness (QED) is 0.618. The maximum absolute atomic E-state index is 12.2. The lowest BCUT2D eigenvalue weighted by atomic mass is 10.1. The van der Waals surface area contributed by atoms with E-state index in [9.17, 15) is 13.2 Å². The average molecular weight is 415 g/mol. The van der Waals surface area contributed by atoms with Crippen LogP contribution < -0.4 is 10.0 Å². The molecule has 0 heterocycles. The molecule has 0 aromatic heterocycles. The highest BCUT2D eigenvalue weighted by Gasteiger charge is 2.12. The molecule has 144 valence electrons. The van der Waals surface area contributed by atoms with Gasteiger partial charge in [0.2, 0.25) is 10.0 Å². The minimum absolute atomic E-state index is 0.187. The standard InChI is InChI=1S/C21H19ClN2O3S/c22-19-6-4-5-18(13-19)21(25)23-14-16-9-11-17(12-10-16)15-24-28(26,27)20-7-2-1-3-8-20/h1-13,24H,14-15H2,(H,23,25). The van der Waals surface area contributed by atoms with Crippen molar-refractivity contribution in [3.63, 3.8) is 0 Å². The molecule has 0 fully saturated rings. The van der Waals surface area contributed by atoms with E-state index < -0.39 is 10.0 Å². The first-order valence-electron chi connectivity index (χ1n) is 8.60. The van der Waals surface area contributed by atoms with Crippen molar-refractivity contribution in [2.45, 2.75) is 18.0 Å². The summed E-state index contributed by atoms with van der Waals surface area (Å²) in [7, 11) is -3.54. The smallest absolute Gasteiger partial charge is 0.251 e. The lowest BCUT2D eigenvalue weighted by Gasteiger charge is -2.09. The molecule has 1 amide bonds. The van der Waals surface area contributed by atoms with E-state index in [0.717, 1.165) is 11.1 Å². The van der Waals surface area contributed by atoms with E-state index in [2.05, 4.69) is 10.0 Å². The fourth-order valence-electron chi connectivity index (χ4n) is 2.55. The number of amides is 1. The summed E-state index contributed by atoms with van der Waals surface area (Å²) in [4.78, 5) is 12.4. The van der Waals surface area contributed by atoms with Gasteiger partial charge in [0.05, 0.1) is 4.90 Å². The summed E-state index contributed by atoms with van der Waals surface area (Å²) >= 11 is 5.90. The Morgan fingerprint density at radius 2 is 1.46 bits per heavy atom. The van der Waals surface area contributed by atoms with Crippen LogP contribution in [0.4, 0.5) is 0 Å². The Balaban J connectivity index is 1.54. The first-order valence-corrected chi connectivity index (χ1v) is 10.5. The van der Waals surface area contributed by atoms with Crippen LogP contribution in [0.1, 0.15) is 21.5 Å². The van der Waals surface area contributed by atoms with Crippen LogP contribution in [-0.2, 0) is 23.1 Å². The van der Waals surface area contributed by atoms with E-state index in [1.54, 1.807) is 54.6 Å². The van der Waals surface area contributed by atoms with Crippen LogP contribution in [0, 0.1) is 0 Å². The number of nitrogens with one attached hydrogen (secondary N) is 2. The first kappa shape index (κ1) is 20.1. The predicted octanol–water partition coefficient (Wildman–Crippen LogP) is 3.75. The predicted molar refractivity (Wildman–Crippen MR) is 110 cm³/mol. The van der Waals surface area contributed by atoms with Gasteiger partial charge < -0.3 is 5.32 Å². The minimum Gasteiger partial charge on any atom is -0.348 e. The zero-order valence-electron chi connectivity index (χ0n) is 14.9. The molecule has 0 aliphatic rings. The summed E-state index contributed by atoms with van der Waals surface area (Å²) in [6, 6.07) is 22.3. The Labute approximate surface area is 169 Å². The lowest BCUT2D eigenvalue weighted by molar-refractivity contribution is 0.0951. The summed E-state index contributed by atoms with van der Waals surface area (Å²) in [6.45, 7) is 0.549. The van der Waals surface area contributed by atoms with Crippen LogP contribution in [-0.4, -0.2) is 14.3 Å². The van der Waals surface area contributed by atoms with Crippen molar-refractivity contribution >= 4 is 27.5 Å². The SMILES string of the molecule is O=C(NCc1ccc(CNS(=O)(=O)c2ccccc2)cc1)c1cccc(Cl)c1. The third-order valence-electron chi connectivity index (χ3n) is 4.08. The Kier molecular flexibility index (Phi) is 6.46. The summed E-state index contributed by atoms with van der Waals surface area (Å²) in [5.74, 6) is -0.206. The highest BCUT2D eigenvalue weighted by molar-refractivity contribution is 7.89. The molecule has 0 radical (unpaired) electrons. The molecule has 0 bridgehead atoms. The molecule has 3 rings (SSSR count). The Bertz CT molecular complexity index is 1050. The molecule has 0 aliphatic heterocycles. The van der Waals surface area contributed by atoms with Gasteiger partial charge in [-0.05, 0) is 41.5 Å².